The second-order valence-electron chi connectivity index (χ2n) is 3.80. The molecule has 0 saturated carbocycles. The van der Waals surface area contributed by atoms with Crippen molar-refractivity contribution in [2.24, 2.45) is 0 Å². The Bertz CT molecular complexity index is 482. The van der Waals surface area contributed by atoms with Crippen LogP contribution in [0.5, 0.6) is 0 Å². The van der Waals surface area contributed by atoms with E-state index in [9.17, 15) is 0 Å². The van der Waals surface area contributed by atoms with Gasteiger partial charge in [-0.1, -0.05) is 42.5 Å². The Hall–Kier alpha value is -1.74. The fourth-order valence-corrected chi connectivity index (χ4v) is 1.84. The first-order valence-electron chi connectivity index (χ1n) is 5.49. The van der Waals surface area contributed by atoms with E-state index in [2.05, 4.69) is 22.0 Å². The van der Waals surface area contributed by atoms with Crippen molar-refractivity contribution in [3.05, 3.63) is 60.4 Å². The summed E-state index contributed by atoms with van der Waals surface area (Å²) in [5.74, 6) is 0. The molecule has 3 heteroatoms. The lowest BCUT2D eigenvalue weighted by Gasteiger charge is -2.23. The number of hydrogen-bond donors (Lipinski definition) is 0. The normalized spacial score (nSPS) is 9.94. The van der Waals surface area contributed by atoms with Crippen molar-refractivity contribution in [2.75, 3.05) is 4.90 Å². The predicted octanol–water partition coefficient (Wildman–Crippen LogP) is 3.44. The third-order valence-corrected chi connectivity index (χ3v) is 2.76. The lowest BCUT2D eigenvalue weighted by atomic mass is 10.2. The Kier molecular flexibility index (Phi) is 3.83. The van der Waals surface area contributed by atoms with Crippen LogP contribution in [0, 0.1) is 0 Å². The van der Waals surface area contributed by atoms with E-state index in [1.165, 1.54) is 5.56 Å². The van der Waals surface area contributed by atoms with E-state index in [4.69, 9.17) is 12.2 Å². The van der Waals surface area contributed by atoms with Crippen molar-refractivity contribution < 1.29 is 0 Å². The van der Waals surface area contributed by atoms with Crippen LogP contribution in [-0.4, -0.2) is 9.97 Å². The quantitative estimate of drug-likeness (QED) is 0.767. The fourth-order valence-electron chi connectivity index (χ4n) is 1.67. The highest BCUT2D eigenvalue weighted by Crippen LogP contribution is 2.16. The first-order valence-corrected chi connectivity index (χ1v) is 5.90. The summed E-state index contributed by atoms with van der Waals surface area (Å²) >= 11 is 5.30. The van der Waals surface area contributed by atoms with Gasteiger partial charge in [-0.3, -0.25) is 4.98 Å². The third kappa shape index (κ3) is 3.11. The zero-order chi connectivity index (χ0) is 12.1. The summed E-state index contributed by atoms with van der Waals surface area (Å²) in [7, 11) is 0. The van der Waals surface area contributed by atoms with Gasteiger partial charge in [0.05, 0.1) is 4.99 Å². The van der Waals surface area contributed by atoms with Gasteiger partial charge in [-0.05, 0) is 24.6 Å². The number of aromatic nitrogens is 1. The van der Waals surface area contributed by atoms with Gasteiger partial charge in [0.2, 0.25) is 0 Å². The Morgan fingerprint density at radius 1 is 1.12 bits per heavy atom. The topological polar surface area (TPSA) is 16.1 Å². The van der Waals surface area contributed by atoms with Gasteiger partial charge in [-0.25, -0.2) is 0 Å². The van der Waals surface area contributed by atoms with E-state index < -0.39 is 0 Å². The second-order valence-corrected chi connectivity index (χ2v) is 4.39. The van der Waals surface area contributed by atoms with E-state index in [0.29, 0.717) is 0 Å². The number of benzene rings is 1. The molecular formula is C14H14N2S. The minimum atomic E-state index is 0.792. The van der Waals surface area contributed by atoms with E-state index >= 15 is 0 Å². The summed E-state index contributed by atoms with van der Waals surface area (Å²) in [6.07, 6.45) is 3.57. The molecular weight excluding hydrogens is 228 g/mol. The van der Waals surface area contributed by atoms with Crippen LogP contribution < -0.4 is 4.90 Å². The van der Waals surface area contributed by atoms with Crippen LogP contribution in [0.1, 0.15) is 12.5 Å². The van der Waals surface area contributed by atoms with Crippen molar-refractivity contribution in [3.63, 3.8) is 0 Å². The molecule has 0 amide bonds. The van der Waals surface area contributed by atoms with Crippen LogP contribution in [0.2, 0.25) is 0 Å². The first-order chi connectivity index (χ1) is 8.27. The van der Waals surface area contributed by atoms with E-state index in [0.717, 1.165) is 17.2 Å². The van der Waals surface area contributed by atoms with Crippen molar-refractivity contribution in [1.29, 1.82) is 0 Å². The van der Waals surface area contributed by atoms with Crippen LogP contribution in [0.25, 0.3) is 0 Å². The number of pyridine rings is 1. The highest BCUT2D eigenvalue weighted by atomic mass is 32.1. The van der Waals surface area contributed by atoms with Gasteiger partial charge in [-0.15, -0.1) is 0 Å². The zero-order valence-corrected chi connectivity index (χ0v) is 10.5. The van der Waals surface area contributed by atoms with Gasteiger partial charge >= 0.3 is 0 Å². The van der Waals surface area contributed by atoms with E-state index in [1.54, 1.807) is 12.4 Å². The zero-order valence-electron chi connectivity index (χ0n) is 9.71. The van der Waals surface area contributed by atoms with Crippen molar-refractivity contribution in [1.82, 2.24) is 4.98 Å². The summed E-state index contributed by atoms with van der Waals surface area (Å²) < 4.78 is 0. The Balaban J connectivity index is 2.23. The van der Waals surface area contributed by atoms with Crippen molar-refractivity contribution in [3.8, 4) is 0 Å². The first kappa shape index (κ1) is 11.7. The third-order valence-electron chi connectivity index (χ3n) is 2.54. The SMILES string of the molecule is CC(=S)N(Cc1ccccc1)c1ccncc1. The maximum Gasteiger partial charge on any atom is 0.0795 e. The molecule has 0 aliphatic rings. The number of anilines is 1. The second kappa shape index (κ2) is 5.55. The van der Waals surface area contributed by atoms with Crippen LogP contribution in [0.3, 0.4) is 0 Å². The molecule has 1 aromatic carbocycles. The molecule has 0 N–H and O–H groups in total. The van der Waals surface area contributed by atoms with E-state index in [1.807, 2.05) is 37.3 Å². The molecule has 2 rings (SSSR count). The largest absolute Gasteiger partial charge is 0.332 e. The maximum absolute atomic E-state index is 5.30. The molecule has 2 aromatic rings. The van der Waals surface area contributed by atoms with Gasteiger partial charge in [0.25, 0.3) is 0 Å². The molecule has 17 heavy (non-hydrogen) atoms. The van der Waals surface area contributed by atoms with E-state index in [-0.39, 0.29) is 0 Å². The summed E-state index contributed by atoms with van der Waals surface area (Å²) in [5, 5.41) is 0. The number of thiocarbonyl (C=S) groups is 1. The Labute approximate surface area is 107 Å². The molecule has 1 aromatic heterocycles. The lowest BCUT2D eigenvalue weighted by Crippen LogP contribution is -2.26. The van der Waals surface area contributed by atoms with Crippen molar-refractivity contribution >= 4 is 22.9 Å². The molecule has 0 bridgehead atoms. The molecule has 0 aliphatic heterocycles. The van der Waals surface area contributed by atoms with Gasteiger partial charge in [0.15, 0.2) is 0 Å². The summed E-state index contributed by atoms with van der Waals surface area (Å²) in [6.45, 7) is 2.74. The number of hydrogen-bond acceptors (Lipinski definition) is 2. The molecule has 1 heterocycles. The lowest BCUT2D eigenvalue weighted by molar-refractivity contribution is 1.01. The smallest absolute Gasteiger partial charge is 0.0795 e. The minimum Gasteiger partial charge on any atom is -0.332 e. The number of nitrogens with zero attached hydrogens (tertiary/aromatic N) is 2. The highest BCUT2D eigenvalue weighted by molar-refractivity contribution is 7.80. The fraction of sp³-hybridized carbons (Fsp3) is 0.143. The number of rotatable bonds is 3. The van der Waals surface area contributed by atoms with Gasteiger partial charge in [-0.2, -0.15) is 0 Å². The highest BCUT2D eigenvalue weighted by Gasteiger charge is 2.08. The maximum atomic E-state index is 5.30. The predicted molar refractivity (Wildman–Crippen MR) is 75.1 cm³/mol. The molecule has 86 valence electrons. The summed E-state index contributed by atoms with van der Waals surface area (Å²) in [4.78, 5) is 6.99. The minimum absolute atomic E-state index is 0.792. The van der Waals surface area contributed by atoms with Gasteiger partial charge in [0, 0.05) is 24.6 Å². The van der Waals surface area contributed by atoms with Crippen LogP contribution >= 0.6 is 12.2 Å². The van der Waals surface area contributed by atoms with Crippen LogP contribution in [0.15, 0.2) is 54.9 Å². The monoisotopic (exact) mass is 242 g/mol. The summed E-state index contributed by atoms with van der Waals surface area (Å²) in [5.41, 5.74) is 2.32. The standard InChI is InChI=1S/C14H14N2S/c1-12(17)16(14-7-9-15-10-8-14)11-13-5-3-2-4-6-13/h2-10H,11H2,1H3. The molecule has 0 fully saturated rings. The van der Waals surface area contributed by atoms with Crippen molar-refractivity contribution in [2.45, 2.75) is 13.5 Å². The molecule has 0 radical (unpaired) electrons. The molecule has 0 spiro atoms. The molecule has 0 atom stereocenters. The van der Waals surface area contributed by atoms with Crippen LogP contribution in [-0.2, 0) is 6.54 Å². The molecule has 0 saturated heterocycles. The van der Waals surface area contributed by atoms with Gasteiger partial charge < -0.3 is 4.90 Å². The molecule has 0 unspecified atom stereocenters. The molecule has 2 nitrogen and oxygen atoms in total. The Morgan fingerprint density at radius 2 is 1.76 bits per heavy atom. The average molecular weight is 242 g/mol. The summed E-state index contributed by atoms with van der Waals surface area (Å²) in [6, 6.07) is 14.2. The Morgan fingerprint density at radius 3 is 2.35 bits per heavy atom. The molecule has 0 aliphatic carbocycles. The van der Waals surface area contributed by atoms with Gasteiger partial charge in [0.1, 0.15) is 0 Å². The average Bonchev–Trinajstić information content (AvgIpc) is 2.38. The van der Waals surface area contributed by atoms with Crippen LogP contribution in [0.4, 0.5) is 5.69 Å².